The maximum Gasteiger partial charge on any atom is 0.322 e. The summed E-state index contributed by atoms with van der Waals surface area (Å²) >= 11 is 0. The minimum absolute atomic E-state index is 0.0729. The Morgan fingerprint density at radius 1 is 1.43 bits per heavy atom. The molecule has 1 N–H and O–H groups in total. The first-order valence-electron chi connectivity index (χ1n) is 4.58. The predicted octanol–water partition coefficient (Wildman–Crippen LogP) is 0.131. The molecule has 0 spiro atoms. The van der Waals surface area contributed by atoms with Gasteiger partial charge in [-0.1, -0.05) is 13.8 Å². The zero-order chi connectivity index (χ0) is 10.9. The van der Waals surface area contributed by atoms with Gasteiger partial charge in [0.15, 0.2) is 0 Å². The van der Waals surface area contributed by atoms with Gasteiger partial charge in [-0.05, 0) is 12.3 Å². The van der Waals surface area contributed by atoms with Gasteiger partial charge in [0.25, 0.3) is 0 Å². The average molecular weight is 221 g/mol. The fraction of sp³-hybridized carbons (Fsp3) is 0.875. The van der Waals surface area contributed by atoms with Crippen molar-refractivity contribution in [3.8, 4) is 0 Å². The van der Waals surface area contributed by atoms with Crippen LogP contribution >= 0.6 is 0 Å². The number of carboxylic acid groups (broad SMARTS) is 1. The van der Waals surface area contributed by atoms with Crippen molar-refractivity contribution in [1.29, 1.82) is 0 Å². The highest BCUT2D eigenvalue weighted by Crippen LogP contribution is 2.21. The van der Waals surface area contributed by atoms with Gasteiger partial charge in [-0.15, -0.1) is 0 Å². The van der Waals surface area contributed by atoms with Crippen molar-refractivity contribution in [2.24, 2.45) is 5.92 Å². The van der Waals surface area contributed by atoms with Crippen LogP contribution in [0.2, 0.25) is 0 Å². The van der Waals surface area contributed by atoms with Crippen LogP contribution in [0.4, 0.5) is 0 Å². The third kappa shape index (κ3) is 2.06. The van der Waals surface area contributed by atoms with Crippen LogP contribution in [0.5, 0.6) is 0 Å². The van der Waals surface area contributed by atoms with Crippen molar-refractivity contribution in [1.82, 2.24) is 4.31 Å². The molecule has 0 aromatic heterocycles. The molecule has 0 aromatic carbocycles. The lowest BCUT2D eigenvalue weighted by atomic mass is 10.0. The van der Waals surface area contributed by atoms with Gasteiger partial charge in [-0.3, -0.25) is 4.79 Å². The maximum absolute atomic E-state index is 11.5. The standard InChI is InChI=1S/C8H15NO4S/c1-6(2)7(8(10)11)9-4-3-5-14(9,12)13/h6-7H,3-5H2,1-2H3,(H,10,11). The first-order valence-corrected chi connectivity index (χ1v) is 6.19. The number of carboxylic acids is 1. The van der Waals surface area contributed by atoms with Crippen LogP contribution in [0.15, 0.2) is 0 Å². The van der Waals surface area contributed by atoms with E-state index in [4.69, 9.17) is 5.11 Å². The summed E-state index contributed by atoms with van der Waals surface area (Å²) in [5, 5.41) is 8.93. The van der Waals surface area contributed by atoms with E-state index in [-0.39, 0.29) is 11.7 Å². The molecule has 1 fully saturated rings. The highest BCUT2D eigenvalue weighted by Gasteiger charge is 2.39. The van der Waals surface area contributed by atoms with Gasteiger partial charge in [0.2, 0.25) is 10.0 Å². The molecule has 0 saturated carbocycles. The Hall–Kier alpha value is -0.620. The van der Waals surface area contributed by atoms with E-state index in [0.29, 0.717) is 13.0 Å². The number of hydrogen-bond acceptors (Lipinski definition) is 3. The summed E-state index contributed by atoms with van der Waals surface area (Å²) < 4.78 is 24.1. The number of sulfonamides is 1. The molecule has 1 heterocycles. The van der Waals surface area contributed by atoms with Crippen LogP contribution in [0.25, 0.3) is 0 Å². The molecule has 0 amide bonds. The summed E-state index contributed by atoms with van der Waals surface area (Å²) in [7, 11) is -3.32. The van der Waals surface area contributed by atoms with Crippen LogP contribution in [-0.4, -0.2) is 42.1 Å². The van der Waals surface area contributed by atoms with Crippen LogP contribution in [0, 0.1) is 5.92 Å². The number of aliphatic carboxylic acids is 1. The van der Waals surface area contributed by atoms with Gasteiger partial charge >= 0.3 is 5.97 Å². The van der Waals surface area contributed by atoms with Crippen LogP contribution in [0.3, 0.4) is 0 Å². The van der Waals surface area contributed by atoms with Gasteiger partial charge in [-0.25, -0.2) is 8.42 Å². The predicted molar refractivity (Wildman–Crippen MR) is 51.4 cm³/mol. The molecule has 82 valence electrons. The van der Waals surface area contributed by atoms with E-state index in [1.807, 2.05) is 0 Å². The second-order valence-electron chi connectivity index (χ2n) is 3.81. The average Bonchev–Trinajstić information content (AvgIpc) is 2.29. The molecule has 0 aliphatic carbocycles. The molecule has 1 unspecified atom stereocenters. The van der Waals surface area contributed by atoms with E-state index in [0.717, 1.165) is 4.31 Å². The molecular formula is C8H15NO4S. The quantitative estimate of drug-likeness (QED) is 0.735. The highest BCUT2D eigenvalue weighted by molar-refractivity contribution is 7.89. The Morgan fingerprint density at radius 2 is 2.00 bits per heavy atom. The SMILES string of the molecule is CC(C)C(C(=O)O)N1CCCS1(=O)=O. The summed E-state index contributed by atoms with van der Waals surface area (Å²) in [6, 6.07) is -0.914. The largest absolute Gasteiger partial charge is 0.480 e. The zero-order valence-corrected chi connectivity index (χ0v) is 9.12. The fourth-order valence-electron chi connectivity index (χ4n) is 1.71. The third-order valence-corrected chi connectivity index (χ3v) is 4.26. The van der Waals surface area contributed by atoms with Gasteiger partial charge in [-0.2, -0.15) is 4.31 Å². The first kappa shape index (κ1) is 11.5. The molecule has 14 heavy (non-hydrogen) atoms. The Morgan fingerprint density at radius 3 is 2.29 bits per heavy atom. The summed E-state index contributed by atoms with van der Waals surface area (Å²) in [5.74, 6) is -1.20. The lowest BCUT2D eigenvalue weighted by Crippen LogP contribution is -2.45. The Bertz CT molecular complexity index is 322. The monoisotopic (exact) mass is 221 g/mol. The highest BCUT2D eigenvalue weighted by atomic mass is 32.2. The van der Waals surface area contributed by atoms with Gasteiger partial charge in [0, 0.05) is 6.54 Å². The van der Waals surface area contributed by atoms with E-state index in [1.54, 1.807) is 13.8 Å². The van der Waals surface area contributed by atoms with Gasteiger partial charge in [0.1, 0.15) is 6.04 Å². The van der Waals surface area contributed by atoms with Crippen LogP contribution < -0.4 is 0 Å². The molecule has 1 aliphatic heterocycles. The van der Waals surface area contributed by atoms with Crippen LogP contribution in [-0.2, 0) is 14.8 Å². The molecule has 1 saturated heterocycles. The minimum Gasteiger partial charge on any atom is -0.480 e. The number of carbonyl (C=O) groups is 1. The zero-order valence-electron chi connectivity index (χ0n) is 8.30. The molecule has 6 heteroatoms. The molecule has 0 bridgehead atoms. The Kier molecular flexibility index (Phi) is 3.16. The number of hydrogen-bond donors (Lipinski definition) is 1. The van der Waals surface area contributed by atoms with Crippen molar-refractivity contribution in [3.63, 3.8) is 0 Å². The molecule has 1 atom stereocenters. The normalized spacial score (nSPS) is 23.9. The molecule has 5 nitrogen and oxygen atoms in total. The van der Waals surface area contributed by atoms with Crippen molar-refractivity contribution in [2.45, 2.75) is 26.3 Å². The van der Waals surface area contributed by atoms with E-state index in [9.17, 15) is 13.2 Å². The molecule has 1 rings (SSSR count). The van der Waals surface area contributed by atoms with Crippen molar-refractivity contribution in [3.05, 3.63) is 0 Å². The summed E-state index contributed by atoms with van der Waals surface area (Å²) in [5.41, 5.74) is 0. The second kappa shape index (κ2) is 3.86. The van der Waals surface area contributed by atoms with Gasteiger partial charge in [0.05, 0.1) is 5.75 Å². The molecule has 0 aromatic rings. The van der Waals surface area contributed by atoms with Crippen molar-refractivity contribution < 1.29 is 18.3 Å². The Labute approximate surface area is 83.8 Å². The maximum atomic E-state index is 11.5. The number of nitrogens with zero attached hydrogens (tertiary/aromatic N) is 1. The second-order valence-corrected chi connectivity index (χ2v) is 5.85. The minimum atomic E-state index is -3.32. The van der Waals surface area contributed by atoms with Crippen molar-refractivity contribution >= 4 is 16.0 Å². The van der Waals surface area contributed by atoms with E-state index >= 15 is 0 Å². The lowest BCUT2D eigenvalue weighted by Gasteiger charge is -2.25. The molecular weight excluding hydrogens is 206 g/mol. The number of rotatable bonds is 3. The third-order valence-electron chi connectivity index (χ3n) is 2.33. The van der Waals surface area contributed by atoms with Gasteiger partial charge < -0.3 is 5.11 Å². The Balaban J connectivity index is 2.95. The topological polar surface area (TPSA) is 74.7 Å². The summed E-state index contributed by atoms with van der Waals surface area (Å²) in [6.45, 7) is 3.76. The fourth-order valence-corrected chi connectivity index (χ4v) is 3.53. The summed E-state index contributed by atoms with van der Waals surface area (Å²) in [6.07, 6.45) is 0.527. The summed E-state index contributed by atoms with van der Waals surface area (Å²) in [4.78, 5) is 10.9. The van der Waals surface area contributed by atoms with E-state index in [1.165, 1.54) is 0 Å². The van der Waals surface area contributed by atoms with E-state index < -0.39 is 22.0 Å². The smallest absolute Gasteiger partial charge is 0.322 e. The lowest BCUT2D eigenvalue weighted by molar-refractivity contribution is -0.142. The van der Waals surface area contributed by atoms with Crippen LogP contribution in [0.1, 0.15) is 20.3 Å². The van der Waals surface area contributed by atoms with Crippen molar-refractivity contribution in [2.75, 3.05) is 12.3 Å². The first-order chi connectivity index (χ1) is 6.36. The molecule has 0 radical (unpaired) electrons. The molecule has 1 aliphatic rings. The van der Waals surface area contributed by atoms with E-state index in [2.05, 4.69) is 0 Å².